The molecule has 1 aliphatic rings. The number of halogens is 2. The lowest BCUT2D eigenvalue weighted by Gasteiger charge is -2.24. The molecule has 0 N–H and O–H groups in total. The van der Waals surface area contributed by atoms with Crippen LogP contribution in [0.25, 0.3) is 0 Å². The second kappa shape index (κ2) is 4.34. The molecule has 2 atom stereocenters. The Bertz CT molecular complexity index is 156. The van der Waals surface area contributed by atoms with Crippen molar-refractivity contribution in [2.75, 3.05) is 12.5 Å². The van der Waals surface area contributed by atoms with Crippen LogP contribution in [0, 0.1) is 0 Å². The molecule has 0 aromatic rings. The molecule has 0 saturated heterocycles. The van der Waals surface area contributed by atoms with E-state index in [-0.39, 0.29) is 11.5 Å². The Hall–Kier alpha value is 0.280. The van der Waals surface area contributed by atoms with Crippen molar-refractivity contribution in [3.63, 3.8) is 0 Å². The van der Waals surface area contributed by atoms with Crippen LogP contribution < -0.4 is 0 Å². The van der Waals surface area contributed by atoms with Gasteiger partial charge in [0.05, 0.1) is 18.1 Å². The van der Waals surface area contributed by atoms with E-state index in [1.54, 1.807) is 0 Å². The van der Waals surface area contributed by atoms with E-state index in [1.807, 2.05) is 0 Å². The van der Waals surface area contributed by atoms with Crippen LogP contribution in [-0.4, -0.2) is 24.0 Å². The first kappa shape index (κ1) is 9.37. The van der Waals surface area contributed by atoms with Crippen molar-refractivity contribution < 1.29 is 4.74 Å². The van der Waals surface area contributed by atoms with E-state index in [2.05, 4.69) is 13.0 Å². The maximum Gasteiger partial charge on any atom is 0.0791 e. The molecule has 1 aliphatic heterocycles. The molecule has 0 saturated carbocycles. The van der Waals surface area contributed by atoms with Crippen molar-refractivity contribution in [1.29, 1.82) is 0 Å². The monoisotopic (exact) mass is 194 g/mol. The van der Waals surface area contributed by atoms with Gasteiger partial charge in [-0.05, 0) is 13.3 Å². The van der Waals surface area contributed by atoms with Crippen LogP contribution in [0.5, 0.6) is 0 Å². The van der Waals surface area contributed by atoms with Crippen molar-refractivity contribution in [3.05, 3.63) is 11.6 Å². The molecule has 64 valence electrons. The van der Waals surface area contributed by atoms with E-state index in [0.29, 0.717) is 12.5 Å². The van der Waals surface area contributed by atoms with Gasteiger partial charge >= 0.3 is 0 Å². The van der Waals surface area contributed by atoms with E-state index in [9.17, 15) is 0 Å². The SMILES string of the molecule is CC1=CCOC(C(Cl)CCl)C1. The average molecular weight is 195 g/mol. The third kappa shape index (κ3) is 2.66. The summed E-state index contributed by atoms with van der Waals surface area (Å²) in [7, 11) is 0. The lowest BCUT2D eigenvalue weighted by molar-refractivity contribution is 0.0651. The second-order valence-electron chi connectivity index (χ2n) is 2.80. The summed E-state index contributed by atoms with van der Waals surface area (Å²) in [4.78, 5) is 0. The molecule has 3 heteroatoms. The van der Waals surface area contributed by atoms with Crippen molar-refractivity contribution in [2.45, 2.75) is 24.8 Å². The van der Waals surface area contributed by atoms with E-state index in [4.69, 9.17) is 27.9 Å². The van der Waals surface area contributed by atoms with Crippen LogP contribution in [0.4, 0.5) is 0 Å². The normalized spacial score (nSPS) is 27.9. The zero-order valence-corrected chi connectivity index (χ0v) is 8.03. The fourth-order valence-electron chi connectivity index (χ4n) is 1.11. The van der Waals surface area contributed by atoms with Gasteiger partial charge < -0.3 is 4.74 Å². The molecule has 0 bridgehead atoms. The molecular formula is C8H12Cl2O. The Morgan fingerprint density at radius 3 is 3.09 bits per heavy atom. The van der Waals surface area contributed by atoms with Gasteiger partial charge in [0.15, 0.2) is 0 Å². The van der Waals surface area contributed by atoms with Crippen LogP contribution in [-0.2, 0) is 4.74 Å². The van der Waals surface area contributed by atoms with E-state index >= 15 is 0 Å². The summed E-state index contributed by atoms with van der Waals surface area (Å²) >= 11 is 11.5. The molecule has 0 aromatic carbocycles. The summed E-state index contributed by atoms with van der Waals surface area (Å²) < 4.78 is 5.41. The zero-order valence-electron chi connectivity index (χ0n) is 6.52. The molecule has 2 unspecified atom stereocenters. The predicted molar refractivity (Wildman–Crippen MR) is 48.5 cm³/mol. The Balaban J connectivity index is 2.43. The molecule has 1 rings (SSSR count). The molecule has 0 aromatic heterocycles. The van der Waals surface area contributed by atoms with Gasteiger partial charge in [-0.15, -0.1) is 23.2 Å². The first-order valence-electron chi connectivity index (χ1n) is 3.71. The van der Waals surface area contributed by atoms with Gasteiger partial charge in [-0.1, -0.05) is 11.6 Å². The largest absolute Gasteiger partial charge is 0.372 e. The van der Waals surface area contributed by atoms with Gasteiger partial charge in [-0.2, -0.15) is 0 Å². The Labute approximate surface area is 77.3 Å². The van der Waals surface area contributed by atoms with Crippen molar-refractivity contribution in [1.82, 2.24) is 0 Å². The molecular weight excluding hydrogens is 183 g/mol. The maximum atomic E-state index is 5.93. The van der Waals surface area contributed by atoms with Gasteiger partial charge in [0.2, 0.25) is 0 Å². The van der Waals surface area contributed by atoms with Crippen molar-refractivity contribution in [2.24, 2.45) is 0 Å². The van der Waals surface area contributed by atoms with Gasteiger partial charge in [0, 0.05) is 5.88 Å². The number of rotatable bonds is 2. The first-order valence-corrected chi connectivity index (χ1v) is 4.68. The smallest absolute Gasteiger partial charge is 0.0791 e. The highest BCUT2D eigenvalue weighted by atomic mass is 35.5. The Kier molecular flexibility index (Phi) is 3.70. The minimum atomic E-state index is -0.0553. The quantitative estimate of drug-likeness (QED) is 0.486. The first-order chi connectivity index (χ1) is 5.24. The maximum absolute atomic E-state index is 5.93. The minimum absolute atomic E-state index is 0.0553. The van der Waals surface area contributed by atoms with Gasteiger partial charge in [-0.25, -0.2) is 0 Å². The highest BCUT2D eigenvalue weighted by molar-refractivity contribution is 6.28. The Morgan fingerprint density at radius 2 is 2.55 bits per heavy atom. The van der Waals surface area contributed by atoms with Crippen molar-refractivity contribution in [3.8, 4) is 0 Å². The molecule has 0 fully saturated rings. The summed E-state index contributed by atoms with van der Waals surface area (Å²) in [6.07, 6.45) is 3.11. The van der Waals surface area contributed by atoms with E-state index in [0.717, 1.165) is 6.42 Å². The molecule has 0 spiro atoms. The van der Waals surface area contributed by atoms with Gasteiger partial charge in [0.25, 0.3) is 0 Å². The summed E-state index contributed by atoms with van der Waals surface area (Å²) in [6.45, 7) is 2.77. The van der Waals surface area contributed by atoms with Crippen LogP contribution in [0.2, 0.25) is 0 Å². The highest BCUT2D eigenvalue weighted by Crippen LogP contribution is 2.20. The van der Waals surface area contributed by atoms with Crippen molar-refractivity contribution >= 4 is 23.2 Å². The minimum Gasteiger partial charge on any atom is -0.372 e. The zero-order chi connectivity index (χ0) is 8.27. The van der Waals surface area contributed by atoms with Crippen LogP contribution in [0.15, 0.2) is 11.6 Å². The summed E-state index contributed by atoms with van der Waals surface area (Å²) in [5.41, 5.74) is 1.34. The molecule has 1 heterocycles. The molecule has 11 heavy (non-hydrogen) atoms. The molecule has 1 nitrogen and oxygen atoms in total. The lowest BCUT2D eigenvalue weighted by Crippen LogP contribution is -2.29. The number of hydrogen-bond acceptors (Lipinski definition) is 1. The van der Waals surface area contributed by atoms with Gasteiger partial charge in [-0.3, -0.25) is 0 Å². The highest BCUT2D eigenvalue weighted by Gasteiger charge is 2.21. The average Bonchev–Trinajstić information content (AvgIpc) is 2.03. The second-order valence-corrected chi connectivity index (χ2v) is 3.67. The third-order valence-electron chi connectivity index (χ3n) is 1.82. The van der Waals surface area contributed by atoms with Crippen LogP contribution >= 0.6 is 23.2 Å². The molecule has 0 amide bonds. The fraction of sp³-hybridized carbons (Fsp3) is 0.750. The van der Waals surface area contributed by atoms with Crippen LogP contribution in [0.3, 0.4) is 0 Å². The Morgan fingerprint density at radius 1 is 1.82 bits per heavy atom. The number of alkyl halides is 2. The standard InChI is InChI=1S/C8H12Cl2O/c1-6-2-3-11-8(4-6)7(10)5-9/h2,7-8H,3-5H2,1H3. The molecule has 0 aliphatic carbocycles. The summed E-state index contributed by atoms with van der Waals surface area (Å²) in [6, 6.07) is 0. The van der Waals surface area contributed by atoms with E-state index < -0.39 is 0 Å². The number of hydrogen-bond donors (Lipinski definition) is 0. The predicted octanol–water partition coefficient (Wildman–Crippen LogP) is 2.57. The fourth-order valence-corrected chi connectivity index (χ4v) is 1.47. The van der Waals surface area contributed by atoms with E-state index in [1.165, 1.54) is 5.57 Å². The third-order valence-corrected chi connectivity index (χ3v) is 2.74. The molecule has 0 radical (unpaired) electrons. The lowest BCUT2D eigenvalue weighted by atomic mass is 10.1. The summed E-state index contributed by atoms with van der Waals surface area (Å²) in [5, 5.41) is -0.0553. The van der Waals surface area contributed by atoms with Crippen LogP contribution in [0.1, 0.15) is 13.3 Å². The topological polar surface area (TPSA) is 9.23 Å². The number of ether oxygens (including phenoxy) is 1. The summed E-state index contributed by atoms with van der Waals surface area (Å²) in [5.74, 6) is 0.458. The van der Waals surface area contributed by atoms with Gasteiger partial charge in [0.1, 0.15) is 0 Å².